The topological polar surface area (TPSA) is 78.3 Å². The van der Waals surface area contributed by atoms with E-state index in [1.54, 1.807) is 7.11 Å². The summed E-state index contributed by atoms with van der Waals surface area (Å²) in [5.41, 5.74) is 13.6. The number of benzene rings is 1. The zero-order valence-electron chi connectivity index (χ0n) is 9.69. The molecule has 4 N–H and O–H groups in total. The number of rotatable bonds is 5. The van der Waals surface area contributed by atoms with Gasteiger partial charge in [-0.3, -0.25) is 4.79 Å². The molecule has 0 bridgehead atoms. The summed E-state index contributed by atoms with van der Waals surface area (Å²) in [4.78, 5) is 11.0. The molecule has 0 heterocycles. The van der Waals surface area contributed by atoms with Crippen LogP contribution in [0.3, 0.4) is 0 Å². The highest BCUT2D eigenvalue weighted by Crippen LogP contribution is 2.22. The van der Waals surface area contributed by atoms with Gasteiger partial charge in [-0.25, -0.2) is 0 Å². The van der Waals surface area contributed by atoms with E-state index in [0.29, 0.717) is 6.54 Å². The Hall–Kier alpha value is -1.39. The van der Waals surface area contributed by atoms with Crippen molar-refractivity contribution in [2.45, 2.75) is 26.0 Å². The Morgan fingerprint density at radius 3 is 2.69 bits per heavy atom. The van der Waals surface area contributed by atoms with E-state index in [1.807, 2.05) is 25.1 Å². The molecule has 1 aromatic carbocycles. The fourth-order valence-electron chi connectivity index (χ4n) is 1.65. The third-order valence-electron chi connectivity index (χ3n) is 2.60. The first-order valence-corrected chi connectivity index (χ1v) is 5.21. The minimum Gasteiger partial charge on any atom is -0.377 e. The highest BCUT2D eigenvalue weighted by Gasteiger charge is 2.12. The van der Waals surface area contributed by atoms with Crippen LogP contribution in [0.25, 0.3) is 0 Å². The third-order valence-corrected chi connectivity index (χ3v) is 2.60. The number of hydrogen-bond donors (Lipinski definition) is 2. The predicted molar refractivity (Wildman–Crippen MR) is 62.7 cm³/mol. The van der Waals surface area contributed by atoms with Gasteiger partial charge in [-0.15, -0.1) is 0 Å². The number of carbonyl (C=O) groups is 1. The Balaban J connectivity index is 3.10. The molecular formula is C12H18N2O2. The average molecular weight is 222 g/mol. The van der Waals surface area contributed by atoms with Crippen LogP contribution in [0.2, 0.25) is 0 Å². The smallest absolute Gasteiger partial charge is 0.221 e. The van der Waals surface area contributed by atoms with Crippen LogP contribution in [0.5, 0.6) is 0 Å². The van der Waals surface area contributed by atoms with Crippen molar-refractivity contribution in [3.8, 4) is 0 Å². The molecule has 0 aromatic heterocycles. The van der Waals surface area contributed by atoms with Crippen LogP contribution in [0.4, 0.5) is 0 Å². The van der Waals surface area contributed by atoms with Crippen molar-refractivity contribution in [1.29, 1.82) is 0 Å². The van der Waals surface area contributed by atoms with Gasteiger partial charge in [0.05, 0.1) is 12.5 Å². The second-order valence-corrected chi connectivity index (χ2v) is 3.76. The minimum atomic E-state index is -0.348. The van der Waals surface area contributed by atoms with Gasteiger partial charge in [0.15, 0.2) is 0 Å². The SMILES string of the molecule is COC(C)c1ccc(CN)cc1CC(N)=O. The Kier molecular flexibility index (Phi) is 4.46. The quantitative estimate of drug-likeness (QED) is 0.776. The molecule has 16 heavy (non-hydrogen) atoms. The van der Waals surface area contributed by atoms with Crippen molar-refractivity contribution in [2.75, 3.05) is 7.11 Å². The molecule has 4 nitrogen and oxygen atoms in total. The lowest BCUT2D eigenvalue weighted by Gasteiger charge is -2.15. The van der Waals surface area contributed by atoms with Crippen molar-refractivity contribution in [1.82, 2.24) is 0 Å². The molecule has 88 valence electrons. The van der Waals surface area contributed by atoms with Crippen molar-refractivity contribution < 1.29 is 9.53 Å². The summed E-state index contributed by atoms with van der Waals surface area (Å²) in [5, 5.41) is 0. The summed E-state index contributed by atoms with van der Waals surface area (Å²) in [5.74, 6) is -0.348. The Bertz CT molecular complexity index is 377. The highest BCUT2D eigenvalue weighted by molar-refractivity contribution is 5.77. The van der Waals surface area contributed by atoms with E-state index >= 15 is 0 Å². The number of ether oxygens (including phenoxy) is 1. The fraction of sp³-hybridized carbons (Fsp3) is 0.417. The summed E-state index contributed by atoms with van der Waals surface area (Å²) >= 11 is 0. The van der Waals surface area contributed by atoms with Crippen molar-refractivity contribution in [3.63, 3.8) is 0 Å². The van der Waals surface area contributed by atoms with Gasteiger partial charge in [-0.1, -0.05) is 18.2 Å². The van der Waals surface area contributed by atoms with Gasteiger partial charge in [0.1, 0.15) is 0 Å². The fourth-order valence-corrected chi connectivity index (χ4v) is 1.65. The summed E-state index contributed by atoms with van der Waals surface area (Å²) in [7, 11) is 1.63. The van der Waals surface area contributed by atoms with Gasteiger partial charge in [-0.05, 0) is 23.6 Å². The van der Waals surface area contributed by atoms with Crippen LogP contribution in [0.1, 0.15) is 29.7 Å². The minimum absolute atomic E-state index is 0.0545. The van der Waals surface area contributed by atoms with Gasteiger partial charge in [0.25, 0.3) is 0 Å². The molecule has 4 heteroatoms. The second-order valence-electron chi connectivity index (χ2n) is 3.76. The van der Waals surface area contributed by atoms with Gasteiger partial charge in [0.2, 0.25) is 5.91 Å². The number of primary amides is 1. The first kappa shape index (κ1) is 12.7. The van der Waals surface area contributed by atoms with Crippen molar-refractivity contribution in [3.05, 3.63) is 34.9 Å². The van der Waals surface area contributed by atoms with Crippen molar-refractivity contribution in [2.24, 2.45) is 11.5 Å². The molecule has 1 rings (SSSR count). The average Bonchev–Trinajstić information content (AvgIpc) is 2.27. The molecule has 0 spiro atoms. The van der Waals surface area contributed by atoms with Gasteiger partial charge in [0, 0.05) is 13.7 Å². The van der Waals surface area contributed by atoms with E-state index in [9.17, 15) is 4.79 Å². The number of hydrogen-bond acceptors (Lipinski definition) is 3. The molecule has 0 fully saturated rings. The van der Waals surface area contributed by atoms with Crippen LogP contribution in [0.15, 0.2) is 18.2 Å². The van der Waals surface area contributed by atoms with Crippen LogP contribution >= 0.6 is 0 Å². The van der Waals surface area contributed by atoms with E-state index in [1.165, 1.54) is 0 Å². The summed E-state index contributed by atoms with van der Waals surface area (Å²) in [6.07, 6.45) is 0.165. The largest absolute Gasteiger partial charge is 0.377 e. The first-order chi connectivity index (χ1) is 7.58. The number of nitrogens with two attached hydrogens (primary N) is 2. The zero-order valence-corrected chi connectivity index (χ0v) is 9.69. The zero-order chi connectivity index (χ0) is 12.1. The van der Waals surface area contributed by atoms with E-state index < -0.39 is 0 Å². The molecule has 0 saturated carbocycles. The van der Waals surface area contributed by atoms with E-state index in [4.69, 9.17) is 16.2 Å². The molecular weight excluding hydrogens is 204 g/mol. The van der Waals surface area contributed by atoms with Gasteiger partial charge >= 0.3 is 0 Å². The van der Waals surface area contributed by atoms with Crippen LogP contribution < -0.4 is 11.5 Å². The maximum Gasteiger partial charge on any atom is 0.221 e. The van der Waals surface area contributed by atoms with Gasteiger partial charge in [-0.2, -0.15) is 0 Å². The maximum atomic E-state index is 11.0. The van der Waals surface area contributed by atoms with E-state index in [2.05, 4.69) is 0 Å². The molecule has 0 aliphatic carbocycles. The number of methoxy groups -OCH3 is 1. The molecule has 1 atom stereocenters. The van der Waals surface area contributed by atoms with Crippen LogP contribution in [-0.2, 0) is 22.5 Å². The van der Waals surface area contributed by atoms with Gasteiger partial charge < -0.3 is 16.2 Å². The Morgan fingerprint density at radius 1 is 1.50 bits per heavy atom. The molecule has 0 aliphatic heterocycles. The Morgan fingerprint density at radius 2 is 2.19 bits per heavy atom. The standard InChI is InChI=1S/C12H18N2O2/c1-8(16-2)11-4-3-9(7-13)5-10(11)6-12(14)15/h3-5,8H,6-7,13H2,1-2H3,(H2,14,15). The molecule has 1 amide bonds. The third kappa shape index (κ3) is 3.05. The number of carbonyl (C=O) groups excluding carboxylic acids is 1. The van der Waals surface area contributed by atoms with E-state index in [-0.39, 0.29) is 18.4 Å². The summed E-state index contributed by atoms with van der Waals surface area (Å²) in [6.45, 7) is 2.38. The molecule has 0 aliphatic rings. The Labute approximate surface area is 95.6 Å². The van der Waals surface area contributed by atoms with Crippen LogP contribution in [-0.4, -0.2) is 13.0 Å². The maximum absolute atomic E-state index is 11.0. The molecule has 0 radical (unpaired) electrons. The monoisotopic (exact) mass is 222 g/mol. The number of amides is 1. The lowest BCUT2D eigenvalue weighted by atomic mass is 9.97. The summed E-state index contributed by atoms with van der Waals surface area (Å²) < 4.78 is 5.25. The lowest BCUT2D eigenvalue weighted by molar-refractivity contribution is -0.117. The first-order valence-electron chi connectivity index (χ1n) is 5.21. The van der Waals surface area contributed by atoms with Crippen LogP contribution in [0, 0.1) is 0 Å². The lowest BCUT2D eigenvalue weighted by Crippen LogP contribution is -2.16. The molecule has 1 aromatic rings. The normalized spacial score (nSPS) is 12.4. The molecule has 0 saturated heterocycles. The molecule has 1 unspecified atom stereocenters. The van der Waals surface area contributed by atoms with Crippen molar-refractivity contribution >= 4 is 5.91 Å². The van der Waals surface area contributed by atoms with E-state index in [0.717, 1.165) is 16.7 Å². The second kappa shape index (κ2) is 5.63. The predicted octanol–water partition coefficient (Wildman–Crippen LogP) is 0.881. The summed E-state index contributed by atoms with van der Waals surface area (Å²) in [6, 6.07) is 5.79. The highest BCUT2D eigenvalue weighted by atomic mass is 16.5.